The average Bonchev–Trinajstić information content (AvgIpc) is 3.11. The monoisotopic (exact) mass is 276 g/mol. The summed E-state index contributed by atoms with van der Waals surface area (Å²) in [7, 11) is 0. The van der Waals surface area contributed by atoms with Crippen LogP contribution < -0.4 is 5.73 Å². The molecule has 0 spiro atoms. The Hall–Kier alpha value is -3.08. The van der Waals surface area contributed by atoms with Crippen LogP contribution in [0.4, 0.5) is 6.01 Å². The lowest BCUT2D eigenvalue weighted by atomic mass is 10.0. The van der Waals surface area contributed by atoms with Crippen LogP contribution in [-0.2, 0) is 0 Å². The van der Waals surface area contributed by atoms with Crippen molar-refractivity contribution < 1.29 is 4.42 Å². The molecule has 3 N–H and O–H groups in total. The van der Waals surface area contributed by atoms with Crippen LogP contribution in [0.1, 0.15) is 0 Å². The van der Waals surface area contributed by atoms with E-state index in [0.717, 1.165) is 27.7 Å². The molecule has 0 aliphatic heterocycles. The predicted molar refractivity (Wildman–Crippen MR) is 81.4 cm³/mol. The fourth-order valence-corrected chi connectivity index (χ4v) is 2.54. The second-order valence-corrected chi connectivity index (χ2v) is 4.73. The van der Waals surface area contributed by atoms with Crippen molar-refractivity contribution >= 4 is 16.9 Å². The van der Waals surface area contributed by atoms with E-state index < -0.39 is 0 Å². The molecule has 0 aliphatic carbocycles. The number of nitrogen functional groups attached to an aromatic ring is 1. The SMILES string of the molecule is Nc1nc(-c2c(-c3cccnc3)[nH]c3ccccc23)co1. The highest BCUT2D eigenvalue weighted by atomic mass is 16.4. The van der Waals surface area contributed by atoms with Gasteiger partial charge in [-0.25, -0.2) is 0 Å². The van der Waals surface area contributed by atoms with Crippen LogP contribution in [0.5, 0.6) is 0 Å². The number of rotatable bonds is 2. The Morgan fingerprint density at radius 2 is 2.00 bits per heavy atom. The van der Waals surface area contributed by atoms with E-state index in [-0.39, 0.29) is 6.01 Å². The first-order valence-corrected chi connectivity index (χ1v) is 6.55. The number of aromatic amines is 1. The third-order valence-corrected chi connectivity index (χ3v) is 3.43. The Bertz CT molecular complexity index is 908. The maximum atomic E-state index is 5.62. The fourth-order valence-electron chi connectivity index (χ4n) is 2.54. The summed E-state index contributed by atoms with van der Waals surface area (Å²) in [6, 6.07) is 12.1. The molecule has 5 nitrogen and oxygen atoms in total. The summed E-state index contributed by atoms with van der Waals surface area (Å²) in [6.45, 7) is 0. The van der Waals surface area contributed by atoms with Crippen molar-refractivity contribution in [2.45, 2.75) is 0 Å². The molecule has 0 saturated carbocycles. The number of H-pyrrole nitrogens is 1. The summed E-state index contributed by atoms with van der Waals surface area (Å²) < 4.78 is 5.17. The van der Waals surface area contributed by atoms with Crippen LogP contribution in [0.15, 0.2) is 59.5 Å². The topological polar surface area (TPSA) is 80.7 Å². The first-order valence-electron chi connectivity index (χ1n) is 6.55. The fraction of sp³-hybridized carbons (Fsp3) is 0. The van der Waals surface area contributed by atoms with Crippen molar-refractivity contribution in [2.75, 3.05) is 5.73 Å². The molecular weight excluding hydrogens is 264 g/mol. The van der Waals surface area contributed by atoms with Crippen molar-refractivity contribution in [1.82, 2.24) is 15.0 Å². The van der Waals surface area contributed by atoms with Gasteiger partial charge in [-0.05, 0) is 18.2 Å². The number of oxazole rings is 1. The Morgan fingerprint density at radius 1 is 1.10 bits per heavy atom. The van der Waals surface area contributed by atoms with Gasteiger partial charge in [0.25, 0.3) is 6.01 Å². The first kappa shape index (κ1) is 11.7. The van der Waals surface area contributed by atoms with E-state index in [1.54, 1.807) is 12.5 Å². The van der Waals surface area contributed by atoms with E-state index >= 15 is 0 Å². The quantitative estimate of drug-likeness (QED) is 0.587. The molecule has 102 valence electrons. The first-order chi connectivity index (χ1) is 10.3. The number of fused-ring (bicyclic) bond motifs is 1. The smallest absolute Gasteiger partial charge is 0.292 e. The van der Waals surface area contributed by atoms with Crippen molar-refractivity contribution in [3.63, 3.8) is 0 Å². The summed E-state index contributed by atoms with van der Waals surface area (Å²) >= 11 is 0. The standard InChI is InChI=1S/C16H12N4O/c17-16-20-13(9-21-16)14-11-5-1-2-6-12(11)19-15(14)10-4-3-7-18-8-10/h1-9,19H,(H2,17,20). The van der Waals surface area contributed by atoms with E-state index in [1.807, 2.05) is 42.6 Å². The molecule has 4 aromatic rings. The maximum Gasteiger partial charge on any atom is 0.292 e. The van der Waals surface area contributed by atoms with E-state index in [9.17, 15) is 0 Å². The predicted octanol–water partition coefficient (Wildman–Crippen LogP) is 3.47. The summed E-state index contributed by atoms with van der Waals surface area (Å²) in [5.74, 6) is 0. The Labute approximate surface area is 120 Å². The number of pyridine rings is 1. The lowest BCUT2D eigenvalue weighted by Gasteiger charge is -2.01. The number of nitrogens with one attached hydrogen (secondary N) is 1. The molecule has 0 radical (unpaired) electrons. The van der Waals surface area contributed by atoms with Gasteiger partial charge in [0.05, 0.1) is 5.69 Å². The highest BCUT2D eigenvalue weighted by Crippen LogP contribution is 2.37. The highest BCUT2D eigenvalue weighted by Gasteiger charge is 2.17. The number of nitrogens with two attached hydrogens (primary N) is 1. The molecule has 0 aliphatic rings. The van der Waals surface area contributed by atoms with E-state index in [1.165, 1.54) is 0 Å². The number of aromatic nitrogens is 3. The van der Waals surface area contributed by atoms with E-state index in [0.29, 0.717) is 5.69 Å². The van der Waals surface area contributed by atoms with Gasteiger partial charge in [0.15, 0.2) is 0 Å². The normalized spacial score (nSPS) is 11.0. The van der Waals surface area contributed by atoms with Crippen LogP contribution in [0.25, 0.3) is 33.4 Å². The lowest BCUT2D eigenvalue weighted by Crippen LogP contribution is -1.86. The summed E-state index contributed by atoms with van der Waals surface area (Å²) in [5, 5.41) is 1.07. The number of para-hydroxylation sites is 1. The van der Waals surface area contributed by atoms with Gasteiger partial charge in [-0.1, -0.05) is 18.2 Å². The highest BCUT2D eigenvalue weighted by molar-refractivity contribution is 6.02. The van der Waals surface area contributed by atoms with Crippen LogP contribution >= 0.6 is 0 Å². The van der Waals surface area contributed by atoms with Gasteiger partial charge in [-0.15, -0.1) is 0 Å². The largest absolute Gasteiger partial charge is 0.432 e. The maximum absolute atomic E-state index is 5.62. The summed E-state index contributed by atoms with van der Waals surface area (Å²) in [4.78, 5) is 11.9. The minimum atomic E-state index is 0.160. The van der Waals surface area contributed by atoms with Crippen molar-refractivity contribution in [1.29, 1.82) is 0 Å². The molecule has 0 amide bonds. The molecule has 4 rings (SSSR count). The molecule has 0 fully saturated rings. The second-order valence-electron chi connectivity index (χ2n) is 4.73. The van der Waals surface area contributed by atoms with Crippen molar-refractivity contribution in [3.8, 4) is 22.5 Å². The minimum absolute atomic E-state index is 0.160. The van der Waals surface area contributed by atoms with E-state index in [4.69, 9.17) is 10.2 Å². The third kappa shape index (κ3) is 1.87. The van der Waals surface area contributed by atoms with Crippen LogP contribution in [0, 0.1) is 0 Å². The molecule has 3 aromatic heterocycles. The molecule has 5 heteroatoms. The second kappa shape index (κ2) is 4.49. The number of hydrogen-bond donors (Lipinski definition) is 2. The molecular formula is C16H12N4O. The zero-order valence-corrected chi connectivity index (χ0v) is 11.1. The minimum Gasteiger partial charge on any atom is -0.432 e. The molecule has 0 bridgehead atoms. The van der Waals surface area contributed by atoms with Crippen LogP contribution in [0.2, 0.25) is 0 Å². The van der Waals surface area contributed by atoms with Crippen LogP contribution in [0.3, 0.4) is 0 Å². The summed E-state index contributed by atoms with van der Waals surface area (Å²) in [6.07, 6.45) is 5.14. The molecule has 0 unspecified atom stereocenters. The van der Waals surface area contributed by atoms with Gasteiger partial charge >= 0.3 is 0 Å². The molecule has 21 heavy (non-hydrogen) atoms. The molecule has 0 saturated heterocycles. The summed E-state index contributed by atoms with van der Waals surface area (Å²) in [5.41, 5.74) is 10.3. The number of anilines is 1. The lowest BCUT2D eigenvalue weighted by molar-refractivity contribution is 0.581. The molecule has 3 heterocycles. The van der Waals surface area contributed by atoms with Gasteiger partial charge < -0.3 is 15.1 Å². The van der Waals surface area contributed by atoms with Crippen LogP contribution in [-0.4, -0.2) is 15.0 Å². The number of benzene rings is 1. The third-order valence-electron chi connectivity index (χ3n) is 3.43. The Kier molecular flexibility index (Phi) is 2.50. The Balaban J connectivity index is 2.06. The van der Waals surface area contributed by atoms with Crippen molar-refractivity contribution in [2.24, 2.45) is 0 Å². The van der Waals surface area contributed by atoms with E-state index in [2.05, 4.69) is 15.0 Å². The molecule has 1 aromatic carbocycles. The van der Waals surface area contributed by atoms with Gasteiger partial charge in [-0.3, -0.25) is 4.98 Å². The number of hydrogen-bond acceptors (Lipinski definition) is 4. The molecule has 0 atom stereocenters. The van der Waals surface area contributed by atoms with Crippen molar-refractivity contribution in [3.05, 3.63) is 55.1 Å². The average molecular weight is 276 g/mol. The Morgan fingerprint density at radius 3 is 2.76 bits per heavy atom. The zero-order valence-electron chi connectivity index (χ0n) is 11.1. The number of nitrogens with zero attached hydrogens (tertiary/aromatic N) is 2. The van der Waals surface area contributed by atoms with Gasteiger partial charge in [0.1, 0.15) is 12.0 Å². The van der Waals surface area contributed by atoms with Gasteiger partial charge in [0, 0.05) is 34.4 Å². The van der Waals surface area contributed by atoms with Gasteiger partial charge in [0.2, 0.25) is 0 Å². The zero-order chi connectivity index (χ0) is 14.2. The van der Waals surface area contributed by atoms with Gasteiger partial charge in [-0.2, -0.15) is 4.98 Å².